The fourth-order valence-corrected chi connectivity index (χ4v) is 4.25. The summed E-state index contributed by atoms with van der Waals surface area (Å²) in [4.78, 5) is 2.36. The lowest BCUT2D eigenvalue weighted by atomic mass is 9.99. The normalized spacial score (nSPS) is 17.8. The number of sulfonamides is 1. The van der Waals surface area contributed by atoms with Crippen LogP contribution >= 0.6 is 12.2 Å². The van der Waals surface area contributed by atoms with Gasteiger partial charge < -0.3 is 10.2 Å². The van der Waals surface area contributed by atoms with E-state index in [1.165, 1.54) is 5.56 Å². The zero-order chi connectivity index (χ0) is 17.0. The number of hydrogen-bond acceptors (Lipinski definition) is 3. The molecule has 0 aromatic heterocycles. The zero-order valence-corrected chi connectivity index (χ0v) is 15.6. The number of piperazine rings is 1. The SMILES string of the molecule is CC[C@H](C)c1ccc(S(=O)(=O)N2CCN(C(=S)NC)CC2)cc1. The molecule has 0 saturated carbocycles. The molecule has 1 aliphatic heterocycles. The fourth-order valence-electron chi connectivity index (χ4n) is 2.64. The Bertz CT molecular complexity index is 636. The summed E-state index contributed by atoms with van der Waals surface area (Å²) in [7, 11) is -1.64. The average molecular weight is 356 g/mol. The summed E-state index contributed by atoms with van der Waals surface area (Å²) in [5.74, 6) is 0.442. The van der Waals surface area contributed by atoms with Gasteiger partial charge in [0, 0.05) is 33.2 Å². The van der Waals surface area contributed by atoms with Crippen molar-refractivity contribution in [1.82, 2.24) is 14.5 Å². The van der Waals surface area contributed by atoms with Crippen LogP contribution in [-0.4, -0.2) is 56.0 Å². The molecule has 0 aliphatic carbocycles. The summed E-state index contributed by atoms with van der Waals surface area (Å²) in [6, 6.07) is 7.30. The van der Waals surface area contributed by atoms with Crippen LogP contribution in [0.3, 0.4) is 0 Å². The molecule has 1 N–H and O–H groups in total. The van der Waals surface area contributed by atoms with Gasteiger partial charge in [-0.2, -0.15) is 4.31 Å². The van der Waals surface area contributed by atoms with E-state index in [0.29, 0.717) is 42.1 Å². The van der Waals surface area contributed by atoms with E-state index in [4.69, 9.17) is 12.2 Å². The van der Waals surface area contributed by atoms with Crippen LogP contribution < -0.4 is 5.32 Å². The molecule has 1 atom stereocenters. The smallest absolute Gasteiger partial charge is 0.243 e. The van der Waals surface area contributed by atoms with Gasteiger partial charge in [0.1, 0.15) is 0 Å². The Morgan fingerprint density at radius 3 is 2.26 bits per heavy atom. The van der Waals surface area contributed by atoms with E-state index in [2.05, 4.69) is 19.2 Å². The molecule has 0 spiro atoms. The molecule has 23 heavy (non-hydrogen) atoms. The summed E-state index contributed by atoms with van der Waals surface area (Å²) in [5.41, 5.74) is 1.18. The third-order valence-electron chi connectivity index (χ3n) is 4.44. The summed E-state index contributed by atoms with van der Waals surface area (Å²) < 4.78 is 27.0. The number of hydrogen-bond donors (Lipinski definition) is 1. The third-order valence-corrected chi connectivity index (χ3v) is 6.81. The second-order valence-electron chi connectivity index (χ2n) is 5.82. The monoisotopic (exact) mass is 355 g/mol. The maximum Gasteiger partial charge on any atom is 0.243 e. The second kappa shape index (κ2) is 7.59. The molecule has 7 heteroatoms. The van der Waals surface area contributed by atoms with E-state index in [0.717, 1.165) is 6.42 Å². The minimum Gasteiger partial charge on any atom is -0.366 e. The van der Waals surface area contributed by atoms with E-state index >= 15 is 0 Å². The van der Waals surface area contributed by atoms with Crippen molar-refractivity contribution < 1.29 is 8.42 Å². The van der Waals surface area contributed by atoms with E-state index in [1.54, 1.807) is 23.5 Å². The molecule has 0 radical (unpaired) electrons. The first kappa shape index (κ1) is 18.2. The van der Waals surface area contributed by atoms with Crippen LogP contribution in [0.4, 0.5) is 0 Å². The molecule has 0 bridgehead atoms. The molecule has 1 saturated heterocycles. The van der Waals surface area contributed by atoms with Crippen molar-refractivity contribution in [3.63, 3.8) is 0 Å². The van der Waals surface area contributed by atoms with Gasteiger partial charge in [0.25, 0.3) is 0 Å². The largest absolute Gasteiger partial charge is 0.366 e. The van der Waals surface area contributed by atoms with Crippen LogP contribution in [0.2, 0.25) is 0 Å². The Hall–Kier alpha value is -1.18. The Kier molecular flexibility index (Phi) is 6.00. The predicted octanol–water partition coefficient (Wildman–Crippen LogP) is 2.01. The Morgan fingerprint density at radius 2 is 1.78 bits per heavy atom. The minimum absolute atomic E-state index is 0.370. The van der Waals surface area contributed by atoms with E-state index in [9.17, 15) is 8.42 Å². The first-order chi connectivity index (χ1) is 10.9. The summed E-state index contributed by atoms with van der Waals surface area (Å²) >= 11 is 5.20. The van der Waals surface area contributed by atoms with Crippen molar-refractivity contribution >= 4 is 27.4 Å². The molecular weight excluding hydrogens is 330 g/mol. The average Bonchev–Trinajstić information content (AvgIpc) is 2.60. The van der Waals surface area contributed by atoms with Crippen molar-refractivity contribution in [2.45, 2.75) is 31.1 Å². The van der Waals surface area contributed by atoms with Gasteiger partial charge in [-0.15, -0.1) is 0 Å². The van der Waals surface area contributed by atoms with Crippen LogP contribution in [0, 0.1) is 0 Å². The van der Waals surface area contributed by atoms with Crippen molar-refractivity contribution in [1.29, 1.82) is 0 Å². The second-order valence-corrected chi connectivity index (χ2v) is 8.15. The number of nitrogens with one attached hydrogen (secondary N) is 1. The first-order valence-corrected chi connectivity index (χ1v) is 9.81. The van der Waals surface area contributed by atoms with Gasteiger partial charge >= 0.3 is 0 Å². The molecule has 1 aromatic rings. The standard InChI is InChI=1S/C16H25N3O2S2/c1-4-13(2)14-5-7-15(8-6-14)23(20,21)19-11-9-18(10-12-19)16(22)17-3/h5-8,13H,4,9-12H2,1-3H3,(H,17,22)/t13-/m0/s1. The number of nitrogens with zero attached hydrogens (tertiary/aromatic N) is 2. The summed E-state index contributed by atoms with van der Waals surface area (Å²) in [6.45, 7) is 6.42. The lowest BCUT2D eigenvalue weighted by Gasteiger charge is -2.35. The molecule has 2 rings (SSSR count). The molecule has 1 heterocycles. The predicted molar refractivity (Wildman–Crippen MR) is 97.1 cm³/mol. The van der Waals surface area contributed by atoms with Crippen molar-refractivity contribution in [3.8, 4) is 0 Å². The van der Waals surface area contributed by atoms with Gasteiger partial charge in [-0.1, -0.05) is 26.0 Å². The minimum atomic E-state index is -3.42. The lowest BCUT2D eigenvalue weighted by molar-refractivity contribution is 0.265. The van der Waals surface area contributed by atoms with Crippen molar-refractivity contribution in [2.24, 2.45) is 0 Å². The maximum atomic E-state index is 12.7. The van der Waals surface area contributed by atoms with Gasteiger partial charge in [-0.3, -0.25) is 0 Å². The van der Waals surface area contributed by atoms with Crippen LogP contribution in [0.5, 0.6) is 0 Å². The number of rotatable bonds is 4. The number of thiocarbonyl (C=S) groups is 1. The molecule has 5 nitrogen and oxygen atoms in total. The molecule has 0 unspecified atom stereocenters. The van der Waals surface area contributed by atoms with E-state index in [-0.39, 0.29) is 0 Å². The molecule has 0 amide bonds. The highest BCUT2D eigenvalue weighted by molar-refractivity contribution is 7.89. The zero-order valence-electron chi connectivity index (χ0n) is 13.9. The van der Waals surface area contributed by atoms with Crippen molar-refractivity contribution in [3.05, 3.63) is 29.8 Å². The topological polar surface area (TPSA) is 52.7 Å². The fraction of sp³-hybridized carbons (Fsp3) is 0.562. The summed E-state index contributed by atoms with van der Waals surface area (Å²) in [6.07, 6.45) is 1.04. The molecular formula is C16H25N3O2S2. The molecule has 1 aromatic carbocycles. The highest BCUT2D eigenvalue weighted by atomic mass is 32.2. The van der Waals surface area contributed by atoms with Gasteiger partial charge in [-0.25, -0.2) is 8.42 Å². The Labute approximate surface area is 144 Å². The van der Waals surface area contributed by atoms with Gasteiger partial charge in [0.05, 0.1) is 4.90 Å². The number of benzene rings is 1. The highest BCUT2D eigenvalue weighted by Gasteiger charge is 2.29. The van der Waals surface area contributed by atoms with Crippen molar-refractivity contribution in [2.75, 3.05) is 33.2 Å². The highest BCUT2D eigenvalue weighted by Crippen LogP contribution is 2.23. The Balaban J connectivity index is 2.09. The summed E-state index contributed by atoms with van der Waals surface area (Å²) in [5, 5.41) is 3.60. The van der Waals surface area contributed by atoms with Crippen LogP contribution in [0.1, 0.15) is 31.7 Å². The third kappa shape index (κ3) is 4.02. The van der Waals surface area contributed by atoms with E-state index < -0.39 is 10.0 Å². The Morgan fingerprint density at radius 1 is 1.22 bits per heavy atom. The maximum absolute atomic E-state index is 12.7. The van der Waals surface area contributed by atoms with Crippen LogP contribution in [0.15, 0.2) is 29.2 Å². The molecule has 1 fully saturated rings. The quantitative estimate of drug-likeness (QED) is 0.838. The van der Waals surface area contributed by atoms with Crippen LogP contribution in [0.25, 0.3) is 0 Å². The van der Waals surface area contributed by atoms with E-state index in [1.807, 2.05) is 17.0 Å². The first-order valence-electron chi connectivity index (χ1n) is 7.97. The van der Waals surface area contributed by atoms with Gasteiger partial charge in [0.15, 0.2) is 5.11 Å². The molecule has 1 aliphatic rings. The van der Waals surface area contributed by atoms with Gasteiger partial charge in [-0.05, 0) is 42.3 Å². The van der Waals surface area contributed by atoms with Gasteiger partial charge in [0.2, 0.25) is 10.0 Å². The lowest BCUT2D eigenvalue weighted by Crippen LogP contribution is -2.52. The van der Waals surface area contributed by atoms with Crippen LogP contribution in [-0.2, 0) is 10.0 Å². The molecule has 128 valence electrons.